The number of hydrogen-bond donors (Lipinski definition) is 0. The van der Waals surface area contributed by atoms with Crippen molar-refractivity contribution in [3.63, 3.8) is 0 Å². The molecule has 0 spiro atoms. The Kier molecular flexibility index (Phi) is 8.97. The van der Waals surface area contributed by atoms with E-state index in [0.29, 0.717) is 23.5 Å². The highest BCUT2D eigenvalue weighted by Gasteiger charge is 2.20. The monoisotopic (exact) mass is 419 g/mol. The second-order valence-electron chi connectivity index (χ2n) is 8.57. The van der Waals surface area contributed by atoms with E-state index < -0.39 is 5.97 Å². The summed E-state index contributed by atoms with van der Waals surface area (Å²) >= 11 is 0. The number of unbranched alkanes of at least 4 members (excludes halogenated alkanes) is 1. The topological polar surface area (TPSA) is 59.3 Å². The smallest absolute Gasteiger partial charge is 0.343 e. The van der Waals surface area contributed by atoms with E-state index in [9.17, 15) is 4.79 Å². The molecule has 0 N–H and O–H groups in total. The largest absolute Gasteiger partial charge is 0.494 e. The van der Waals surface area contributed by atoms with Gasteiger partial charge in [-0.05, 0) is 73.2 Å². The molecule has 1 aliphatic rings. The number of hydrogen-bond acceptors (Lipinski definition) is 4. The lowest BCUT2D eigenvalue weighted by molar-refractivity contribution is 0.0734. The summed E-state index contributed by atoms with van der Waals surface area (Å²) in [5, 5.41) is 8.82. The molecule has 3 rings (SSSR count). The van der Waals surface area contributed by atoms with E-state index in [1.807, 2.05) is 18.2 Å². The fourth-order valence-corrected chi connectivity index (χ4v) is 4.31. The number of carbonyl (C=O) groups is 1. The number of ether oxygens (including phenoxy) is 2. The second-order valence-corrected chi connectivity index (χ2v) is 8.57. The predicted octanol–water partition coefficient (Wildman–Crippen LogP) is 6.93. The standard InChI is InChI=1S/C27H33NO3/c1-2-3-5-21-7-9-22(10-8-21)6-4-19-30-25-17-13-24(14-18-25)27(29)31-26-15-11-23(20-28)12-16-26/h11-18,21-22H,2-10,19H2,1H3. The molecule has 0 unspecified atom stereocenters. The first-order valence-electron chi connectivity index (χ1n) is 11.6. The van der Waals surface area contributed by atoms with Crippen LogP contribution >= 0.6 is 0 Å². The molecule has 4 heteroatoms. The summed E-state index contributed by atoms with van der Waals surface area (Å²) in [6.45, 7) is 2.99. The van der Waals surface area contributed by atoms with E-state index in [4.69, 9.17) is 14.7 Å². The molecule has 4 nitrogen and oxygen atoms in total. The van der Waals surface area contributed by atoms with Gasteiger partial charge in [0.05, 0.1) is 23.8 Å². The van der Waals surface area contributed by atoms with Crippen LogP contribution < -0.4 is 9.47 Å². The molecule has 2 aromatic carbocycles. The van der Waals surface area contributed by atoms with Gasteiger partial charge in [0.25, 0.3) is 0 Å². The minimum absolute atomic E-state index is 0.420. The lowest BCUT2D eigenvalue weighted by Gasteiger charge is -2.28. The lowest BCUT2D eigenvalue weighted by Crippen LogP contribution is -2.15. The number of nitriles is 1. The zero-order valence-corrected chi connectivity index (χ0v) is 18.5. The quantitative estimate of drug-likeness (QED) is 0.238. The summed E-state index contributed by atoms with van der Waals surface area (Å²) in [4.78, 5) is 12.3. The van der Waals surface area contributed by atoms with Crippen molar-refractivity contribution in [3.8, 4) is 17.6 Å². The van der Waals surface area contributed by atoms with Crippen molar-refractivity contribution >= 4 is 5.97 Å². The normalized spacial score (nSPS) is 18.2. The van der Waals surface area contributed by atoms with Crippen LogP contribution in [0.25, 0.3) is 0 Å². The molecule has 0 bridgehead atoms. The third-order valence-electron chi connectivity index (χ3n) is 6.24. The molecule has 0 aromatic heterocycles. The first kappa shape index (κ1) is 22.9. The fourth-order valence-electron chi connectivity index (χ4n) is 4.31. The number of benzene rings is 2. The van der Waals surface area contributed by atoms with Gasteiger partial charge in [-0.2, -0.15) is 5.26 Å². The Morgan fingerprint density at radius 2 is 1.48 bits per heavy atom. The van der Waals surface area contributed by atoms with Crippen LogP contribution in [-0.2, 0) is 0 Å². The van der Waals surface area contributed by atoms with Gasteiger partial charge in [0.2, 0.25) is 0 Å². The first-order valence-corrected chi connectivity index (χ1v) is 11.6. The van der Waals surface area contributed by atoms with Crippen LogP contribution in [0, 0.1) is 23.2 Å². The highest BCUT2D eigenvalue weighted by atomic mass is 16.5. The second kappa shape index (κ2) is 12.2. The number of rotatable bonds is 10. The Morgan fingerprint density at radius 3 is 2.06 bits per heavy atom. The molecule has 164 valence electrons. The molecular weight excluding hydrogens is 386 g/mol. The van der Waals surface area contributed by atoms with Crippen LogP contribution in [0.15, 0.2) is 48.5 Å². The van der Waals surface area contributed by atoms with Crippen LogP contribution in [0.5, 0.6) is 11.5 Å². The molecule has 1 saturated carbocycles. The molecule has 0 atom stereocenters. The maximum atomic E-state index is 12.3. The van der Waals surface area contributed by atoms with E-state index in [0.717, 1.165) is 24.0 Å². The Balaban J connectivity index is 1.35. The van der Waals surface area contributed by atoms with Crippen molar-refractivity contribution in [2.75, 3.05) is 6.61 Å². The third-order valence-corrected chi connectivity index (χ3v) is 6.24. The van der Waals surface area contributed by atoms with Crippen LogP contribution in [0.2, 0.25) is 0 Å². The molecule has 31 heavy (non-hydrogen) atoms. The van der Waals surface area contributed by atoms with Crippen molar-refractivity contribution in [1.82, 2.24) is 0 Å². The molecular formula is C27H33NO3. The van der Waals surface area contributed by atoms with Gasteiger partial charge in [-0.15, -0.1) is 0 Å². The molecule has 1 aliphatic carbocycles. The van der Waals surface area contributed by atoms with E-state index in [1.165, 1.54) is 51.4 Å². The molecule has 0 saturated heterocycles. The predicted molar refractivity (Wildman–Crippen MR) is 122 cm³/mol. The molecule has 0 radical (unpaired) electrons. The van der Waals surface area contributed by atoms with E-state index in [1.54, 1.807) is 36.4 Å². The summed E-state index contributed by atoms with van der Waals surface area (Å²) < 4.78 is 11.2. The summed E-state index contributed by atoms with van der Waals surface area (Å²) in [6, 6.07) is 15.6. The molecule has 2 aromatic rings. The lowest BCUT2D eigenvalue weighted by atomic mass is 9.78. The third kappa shape index (κ3) is 7.43. The van der Waals surface area contributed by atoms with Crippen molar-refractivity contribution in [2.24, 2.45) is 11.8 Å². The molecule has 0 aliphatic heterocycles. The Hall–Kier alpha value is -2.80. The average Bonchev–Trinajstić information content (AvgIpc) is 2.82. The van der Waals surface area contributed by atoms with Crippen LogP contribution in [-0.4, -0.2) is 12.6 Å². The van der Waals surface area contributed by atoms with Crippen molar-refractivity contribution in [1.29, 1.82) is 5.26 Å². The van der Waals surface area contributed by atoms with Gasteiger partial charge in [0.1, 0.15) is 11.5 Å². The summed E-state index contributed by atoms with van der Waals surface area (Å²) in [7, 11) is 0. The zero-order valence-electron chi connectivity index (χ0n) is 18.5. The Labute approximate surface area is 186 Å². The van der Waals surface area contributed by atoms with Crippen LogP contribution in [0.4, 0.5) is 0 Å². The van der Waals surface area contributed by atoms with Gasteiger partial charge in [0, 0.05) is 0 Å². The first-order chi connectivity index (χ1) is 15.2. The van der Waals surface area contributed by atoms with Gasteiger partial charge in [-0.1, -0.05) is 51.9 Å². The summed E-state index contributed by atoms with van der Waals surface area (Å²) in [5.41, 5.74) is 0.998. The Morgan fingerprint density at radius 1 is 0.903 bits per heavy atom. The van der Waals surface area contributed by atoms with E-state index >= 15 is 0 Å². The SMILES string of the molecule is CCCCC1CCC(CCCOc2ccc(C(=O)Oc3ccc(C#N)cc3)cc2)CC1. The average molecular weight is 420 g/mol. The van der Waals surface area contributed by atoms with Gasteiger partial charge in [0.15, 0.2) is 0 Å². The fraction of sp³-hybridized carbons (Fsp3) is 0.481. The highest BCUT2D eigenvalue weighted by molar-refractivity contribution is 5.91. The van der Waals surface area contributed by atoms with Crippen molar-refractivity contribution in [3.05, 3.63) is 59.7 Å². The van der Waals surface area contributed by atoms with Crippen molar-refractivity contribution < 1.29 is 14.3 Å². The Bertz CT molecular complexity index is 844. The zero-order chi connectivity index (χ0) is 21.9. The van der Waals surface area contributed by atoms with Crippen LogP contribution in [0.1, 0.15) is 80.6 Å². The number of esters is 1. The van der Waals surface area contributed by atoms with Crippen molar-refractivity contribution in [2.45, 2.75) is 64.7 Å². The van der Waals surface area contributed by atoms with Gasteiger partial charge < -0.3 is 9.47 Å². The molecule has 0 heterocycles. The number of carbonyl (C=O) groups excluding carboxylic acids is 1. The van der Waals surface area contributed by atoms with Gasteiger partial charge in [-0.3, -0.25) is 0 Å². The maximum absolute atomic E-state index is 12.3. The minimum atomic E-state index is -0.425. The number of nitrogens with zero attached hydrogens (tertiary/aromatic N) is 1. The van der Waals surface area contributed by atoms with Gasteiger partial charge >= 0.3 is 5.97 Å². The van der Waals surface area contributed by atoms with E-state index in [2.05, 4.69) is 6.92 Å². The molecule has 1 fully saturated rings. The van der Waals surface area contributed by atoms with Gasteiger partial charge in [-0.25, -0.2) is 4.79 Å². The summed E-state index contributed by atoms with van der Waals surface area (Å²) in [6.07, 6.45) is 12.0. The minimum Gasteiger partial charge on any atom is -0.494 e. The maximum Gasteiger partial charge on any atom is 0.343 e. The molecule has 0 amide bonds. The summed E-state index contributed by atoms with van der Waals surface area (Å²) in [5.74, 6) is 2.60. The van der Waals surface area contributed by atoms with Crippen LogP contribution in [0.3, 0.4) is 0 Å². The van der Waals surface area contributed by atoms with E-state index in [-0.39, 0.29) is 0 Å². The highest BCUT2D eigenvalue weighted by Crippen LogP contribution is 2.34.